The van der Waals surface area contributed by atoms with Crippen LogP contribution in [0.4, 0.5) is 13.2 Å². The zero-order valence-electron chi connectivity index (χ0n) is 13.0. The Morgan fingerprint density at radius 3 is 1.92 bits per heavy atom. The van der Waals surface area contributed by atoms with Crippen LogP contribution in [0.15, 0.2) is 41.3 Å². The van der Waals surface area contributed by atoms with Crippen molar-refractivity contribution in [1.82, 2.24) is 5.06 Å². The van der Waals surface area contributed by atoms with Gasteiger partial charge in [-0.2, -0.15) is 21.6 Å². The number of benzene rings is 1. The van der Waals surface area contributed by atoms with Crippen LogP contribution in [0.3, 0.4) is 0 Å². The number of rotatable bonds is 3. The van der Waals surface area contributed by atoms with Crippen molar-refractivity contribution in [2.75, 3.05) is 0 Å². The molecule has 1 aromatic carbocycles. The highest BCUT2D eigenvalue weighted by molar-refractivity contribution is 7.86. The number of imide groups is 1. The molecule has 2 amide bonds. The number of allylic oxidation sites excluding steroid dienone is 2. The average molecular weight is 387 g/mol. The van der Waals surface area contributed by atoms with Gasteiger partial charge in [-0.1, -0.05) is 12.2 Å². The van der Waals surface area contributed by atoms with Crippen LogP contribution in [0, 0.1) is 23.7 Å². The van der Waals surface area contributed by atoms with Crippen molar-refractivity contribution < 1.29 is 35.5 Å². The number of carbonyl (C=O) groups is 2. The Bertz CT molecular complexity index is 892. The molecule has 3 unspecified atom stereocenters. The molecule has 0 radical (unpaired) electrons. The van der Waals surface area contributed by atoms with Gasteiger partial charge in [-0.05, 0) is 42.5 Å². The third-order valence-electron chi connectivity index (χ3n) is 5.07. The van der Waals surface area contributed by atoms with Gasteiger partial charge in [0, 0.05) is 0 Å². The molecule has 0 N–H and O–H groups in total. The predicted molar refractivity (Wildman–Crippen MR) is 79.3 cm³/mol. The van der Waals surface area contributed by atoms with Crippen LogP contribution in [-0.4, -0.2) is 25.3 Å². The van der Waals surface area contributed by atoms with Crippen molar-refractivity contribution in [3.63, 3.8) is 0 Å². The number of hydroxylamine groups is 2. The summed E-state index contributed by atoms with van der Waals surface area (Å²) in [7, 11) is -4.62. The Kier molecular flexibility index (Phi) is 3.58. The van der Waals surface area contributed by atoms with Crippen LogP contribution in [0.5, 0.6) is 0 Å². The third kappa shape index (κ3) is 2.47. The zero-order valence-corrected chi connectivity index (χ0v) is 13.8. The molecule has 1 heterocycles. The molecule has 26 heavy (non-hydrogen) atoms. The summed E-state index contributed by atoms with van der Waals surface area (Å²) in [6.45, 7) is 0. The van der Waals surface area contributed by atoms with Gasteiger partial charge in [-0.15, -0.1) is 9.35 Å². The normalized spacial score (nSPS) is 30.3. The molecule has 3 aliphatic rings. The minimum Gasteiger partial charge on any atom is -0.272 e. The molecule has 2 aliphatic carbocycles. The van der Waals surface area contributed by atoms with E-state index in [0.717, 1.165) is 12.1 Å². The summed E-state index contributed by atoms with van der Waals surface area (Å²) in [5.74, 6) is -2.98. The average Bonchev–Trinajstić information content (AvgIpc) is 3.24. The van der Waals surface area contributed by atoms with Gasteiger partial charge in [-0.3, -0.25) is 9.59 Å². The van der Waals surface area contributed by atoms with E-state index < -0.39 is 50.4 Å². The summed E-state index contributed by atoms with van der Waals surface area (Å²) in [5.41, 5.74) is -1.03. The van der Waals surface area contributed by atoms with Crippen molar-refractivity contribution in [3.05, 3.63) is 42.0 Å². The number of amides is 2. The number of alkyl halides is 3. The van der Waals surface area contributed by atoms with E-state index in [1.54, 1.807) is 0 Å². The van der Waals surface area contributed by atoms with Gasteiger partial charge in [0.1, 0.15) is 0 Å². The first-order valence-electron chi connectivity index (χ1n) is 7.77. The van der Waals surface area contributed by atoms with Gasteiger partial charge < -0.3 is 0 Å². The van der Waals surface area contributed by atoms with Crippen LogP contribution in [0.25, 0.3) is 0 Å². The van der Waals surface area contributed by atoms with E-state index >= 15 is 0 Å². The molecule has 1 aliphatic heterocycles. The predicted octanol–water partition coefficient (Wildman–Crippen LogP) is 2.13. The second kappa shape index (κ2) is 5.40. The maximum atomic E-state index is 12.6. The first-order chi connectivity index (χ1) is 12.1. The Balaban J connectivity index is 1.57. The molecule has 4 atom stereocenters. The number of halogens is 3. The van der Waals surface area contributed by atoms with Crippen LogP contribution in [-0.2, 0) is 30.2 Å². The molecule has 2 fully saturated rings. The molecule has 0 aromatic heterocycles. The highest BCUT2D eigenvalue weighted by Crippen LogP contribution is 2.52. The molecule has 6 nitrogen and oxygen atoms in total. The van der Waals surface area contributed by atoms with Gasteiger partial charge >= 0.3 is 16.3 Å². The second-order valence-electron chi connectivity index (χ2n) is 6.52. The molecule has 1 saturated carbocycles. The van der Waals surface area contributed by atoms with Crippen LogP contribution in [0.2, 0.25) is 0 Å². The topological polar surface area (TPSA) is 80.8 Å². The Morgan fingerprint density at radius 1 is 0.962 bits per heavy atom. The molecule has 1 aromatic rings. The van der Waals surface area contributed by atoms with Crippen molar-refractivity contribution >= 4 is 21.9 Å². The Morgan fingerprint density at radius 2 is 1.46 bits per heavy atom. The van der Waals surface area contributed by atoms with E-state index in [0.29, 0.717) is 18.6 Å². The second-order valence-corrected chi connectivity index (χ2v) is 8.05. The zero-order chi connectivity index (χ0) is 18.9. The summed E-state index contributed by atoms with van der Waals surface area (Å²) >= 11 is 0. The van der Waals surface area contributed by atoms with Crippen LogP contribution < -0.4 is 0 Å². The molecule has 138 valence electrons. The van der Waals surface area contributed by atoms with Gasteiger partial charge in [-0.25, -0.2) is 0 Å². The summed E-state index contributed by atoms with van der Waals surface area (Å²) in [6.07, 6.45) is -0.268. The number of hydrogen-bond acceptors (Lipinski definition) is 5. The molecular formula is C16H12F3NO5S. The number of hydrogen-bond donors (Lipinski definition) is 0. The van der Waals surface area contributed by atoms with Crippen LogP contribution >= 0.6 is 0 Å². The molecule has 0 spiro atoms. The van der Waals surface area contributed by atoms with E-state index in [1.807, 2.05) is 12.2 Å². The first-order valence-corrected chi connectivity index (χ1v) is 9.18. The van der Waals surface area contributed by atoms with Gasteiger partial charge in [0.2, 0.25) is 0 Å². The van der Waals surface area contributed by atoms with Gasteiger partial charge in [0.25, 0.3) is 11.8 Å². The van der Waals surface area contributed by atoms with E-state index in [1.165, 1.54) is 0 Å². The van der Waals surface area contributed by atoms with Crippen molar-refractivity contribution in [3.8, 4) is 0 Å². The summed E-state index contributed by atoms with van der Waals surface area (Å²) < 4.78 is 67.0. The lowest BCUT2D eigenvalue weighted by Gasteiger charge is -2.16. The van der Waals surface area contributed by atoms with E-state index in [9.17, 15) is 31.2 Å². The van der Waals surface area contributed by atoms with Crippen molar-refractivity contribution in [2.24, 2.45) is 23.7 Å². The van der Waals surface area contributed by atoms with Crippen LogP contribution in [0.1, 0.15) is 12.0 Å². The molecular weight excluding hydrogens is 375 g/mol. The van der Waals surface area contributed by atoms with Gasteiger partial charge in [0.05, 0.1) is 22.3 Å². The quantitative estimate of drug-likeness (QED) is 0.586. The number of nitrogens with zero attached hydrogens (tertiary/aromatic N) is 1. The standard InChI is InChI=1S/C16H12F3NO5S/c17-16(18,19)10-3-5-11(6-4-10)26(23,24)25-20-14(21)12-8-1-2-9(7-8)13(12)15(20)22/h1-6,8-9,12-13H,7H2/t8?,9?,12-,13?/m1/s1. The fourth-order valence-electron chi connectivity index (χ4n) is 3.90. The first kappa shape index (κ1) is 17.2. The number of fused-ring (bicyclic) bond motifs is 5. The monoisotopic (exact) mass is 387 g/mol. The fraction of sp³-hybridized carbons (Fsp3) is 0.375. The lowest BCUT2D eigenvalue weighted by atomic mass is 9.85. The summed E-state index contributed by atoms with van der Waals surface area (Å²) in [6, 6.07) is 2.61. The molecule has 4 rings (SSSR count). The largest absolute Gasteiger partial charge is 0.416 e. The molecule has 2 bridgehead atoms. The SMILES string of the molecule is O=C1C2C3C=CC(C3)[C@H]2C(=O)N1OS(=O)(=O)c1ccc(C(F)(F)F)cc1. The van der Waals surface area contributed by atoms with E-state index in [2.05, 4.69) is 0 Å². The van der Waals surface area contributed by atoms with Gasteiger partial charge in [0.15, 0.2) is 0 Å². The van der Waals surface area contributed by atoms with Crippen molar-refractivity contribution in [2.45, 2.75) is 17.5 Å². The lowest BCUT2D eigenvalue weighted by Crippen LogP contribution is -2.35. The summed E-state index contributed by atoms with van der Waals surface area (Å²) in [5, 5.41) is 0.245. The third-order valence-corrected chi connectivity index (χ3v) is 6.27. The number of carbonyl (C=O) groups excluding carboxylic acids is 2. The highest BCUT2D eigenvalue weighted by atomic mass is 32.2. The lowest BCUT2D eigenvalue weighted by molar-refractivity contribution is -0.166. The molecule has 1 saturated heterocycles. The Hall–Kier alpha value is -2.20. The maximum absolute atomic E-state index is 12.6. The minimum atomic E-state index is -4.62. The highest BCUT2D eigenvalue weighted by Gasteiger charge is 2.60. The van der Waals surface area contributed by atoms with E-state index in [4.69, 9.17) is 4.28 Å². The van der Waals surface area contributed by atoms with E-state index in [-0.39, 0.29) is 16.9 Å². The smallest absolute Gasteiger partial charge is 0.272 e. The maximum Gasteiger partial charge on any atom is 0.416 e. The molecule has 10 heteroatoms. The fourth-order valence-corrected chi connectivity index (χ4v) is 4.80. The minimum absolute atomic E-state index is 0.121. The Labute approximate surface area is 146 Å². The summed E-state index contributed by atoms with van der Waals surface area (Å²) in [4.78, 5) is 24.3. The van der Waals surface area contributed by atoms with Crippen molar-refractivity contribution in [1.29, 1.82) is 0 Å².